The van der Waals surface area contributed by atoms with E-state index in [4.69, 9.17) is 0 Å². The SMILES string of the molecule is CCCCn1cc(CNC)cn1. The molecular weight excluding hydrogens is 150 g/mol. The van der Waals surface area contributed by atoms with Crippen LogP contribution in [0.15, 0.2) is 12.4 Å². The summed E-state index contributed by atoms with van der Waals surface area (Å²) >= 11 is 0. The molecule has 1 heterocycles. The second-order valence-electron chi connectivity index (χ2n) is 3.00. The normalized spacial score (nSPS) is 10.5. The van der Waals surface area contributed by atoms with Gasteiger partial charge in [0.05, 0.1) is 6.20 Å². The summed E-state index contributed by atoms with van der Waals surface area (Å²) in [7, 11) is 1.95. The van der Waals surface area contributed by atoms with Crippen molar-refractivity contribution >= 4 is 0 Å². The highest BCUT2D eigenvalue weighted by Crippen LogP contribution is 1.98. The Morgan fingerprint density at radius 3 is 3.08 bits per heavy atom. The molecule has 3 nitrogen and oxygen atoms in total. The van der Waals surface area contributed by atoms with Gasteiger partial charge in [0.2, 0.25) is 0 Å². The van der Waals surface area contributed by atoms with Gasteiger partial charge in [-0.25, -0.2) is 0 Å². The molecule has 0 aliphatic heterocycles. The Morgan fingerprint density at radius 1 is 1.58 bits per heavy atom. The van der Waals surface area contributed by atoms with Crippen LogP contribution >= 0.6 is 0 Å². The van der Waals surface area contributed by atoms with Gasteiger partial charge in [0.1, 0.15) is 0 Å². The predicted octanol–water partition coefficient (Wildman–Crippen LogP) is 1.40. The second kappa shape index (κ2) is 4.93. The molecule has 1 aromatic rings. The summed E-state index contributed by atoms with van der Waals surface area (Å²) in [6, 6.07) is 0. The van der Waals surface area contributed by atoms with Gasteiger partial charge < -0.3 is 5.32 Å². The number of nitrogens with one attached hydrogen (secondary N) is 1. The zero-order valence-corrected chi connectivity index (χ0v) is 7.88. The molecule has 0 saturated carbocycles. The van der Waals surface area contributed by atoms with Crippen molar-refractivity contribution in [1.82, 2.24) is 15.1 Å². The molecule has 12 heavy (non-hydrogen) atoms. The third-order valence-electron chi connectivity index (χ3n) is 1.81. The van der Waals surface area contributed by atoms with E-state index >= 15 is 0 Å². The standard InChI is InChI=1S/C9H17N3/c1-3-4-5-12-8-9(6-10-2)7-11-12/h7-8,10H,3-6H2,1-2H3. The number of hydrogen-bond acceptors (Lipinski definition) is 2. The van der Waals surface area contributed by atoms with E-state index in [-0.39, 0.29) is 0 Å². The summed E-state index contributed by atoms with van der Waals surface area (Å²) in [6.07, 6.45) is 6.46. The van der Waals surface area contributed by atoms with Gasteiger partial charge in [-0.05, 0) is 13.5 Å². The maximum Gasteiger partial charge on any atom is 0.0534 e. The number of aryl methyl sites for hydroxylation is 1. The molecule has 0 spiro atoms. The lowest BCUT2D eigenvalue weighted by atomic mass is 10.3. The minimum absolute atomic E-state index is 0.909. The van der Waals surface area contributed by atoms with E-state index in [1.807, 2.05) is 17.9 Å². The van der Waals surface area contributed by atoms with E-state index in [1.165, 1.54) is 18.4 Å². The van der Waals surface area contributed by atoms with Crippen LogP contribution in [0, 0.1) is 0 Å². The number of hydrogen-bond donors (Lipinski definition) is 1. The molecule has 68 valence electrons. The Labute approximate surface area is 73.8 Å². The van der Waals surface area contributed by atoms with Crippen LogP contribution in [-0.4, -0.2) is 16.8 Å². The first-order valence-electron chi connectivity index (χ1n) is 4.52. The molecule has 0 radical (unpaired) electrons. The van der Waals surface area contributed by atoms with E-state index in [0.717, 1.165) is 13.1 Å². The van der Waals surface area contributed by atoms with Crippen LogP contribution in [-0.2, 0) is 13.1 Å². The molecule has 0 aliphatic carbocycles. The van der Waals surface area contributed by atoms with Crippen molar-refractivity contribution < 1.29 is 0 Å². The van der Waals surface area contributed by atoms with Gasteiger partial charge in [0.15, 0.2) is 0 Å². The molecule has 1 aromatic heterocycles. The molecule has 1 rings (SSSR count). The van der Waals surface area contributed by atoms with Crippen molar-refractivity contribution in [1.29, 1.82) is 0 Å². The summed E-state index contributed by atoms with van der Waals surface area (Å²) in [5, 5.41) is 7.35. The van der Waals surface area contributed by atoms with Gasteiger partial charge in [0.25, 0.3) is 0 Å². The zero-order valence-electron chi connectivity index (χ0n) is 7.88. The Balaban J connectivity index is 2.41. The fourth-order valence-corrected chi connectivity index (χ4v) is 1.14. The Hall–Kier alpha value is -0.830. The number of rotatable bonds is 5. The Kier molecular flexibility index (Phi) is 3.80. The fourth-order valence-electron chi connectivity index (χ4n) is 1.14. The number of nitrogens with zero attached hydrogens (tertiary/aromatic N) is 2. The number of unbranched alkanes of at least 4 members (excludes halogenated alkanes) is 1. The largest absolute Gasteiger partial charge is 0.316 e. The van der Waals surface area contributed by atoms with E-state index in [2.05, 4.69) is 23.5 Å². The van der Waals surface area contributed by atoms with E-state index in [9.17, 15) is 0 Å². The highest BCUT2D eigenvalue weighted by atomic mass is 15.3. The fraction of sp³-hybridized carbons (Fsp3) is 0.667. The van der Waals surface area contributed by atoms with Crippen LogP contribution in [0.1, 0.15) is 25.3 Å². The van der Waals surface area contributed by atoms with Crippen molar-refractivity contribution in [3.8, 4) is 0 Å². The molecule has 0 unspecified atom stereocenters. The lowest BCUT2D eigenvalue weighted by Gasteiger charge is -1.97. The van der Waals surface area contributed by atoms with Crippen LogP contribution in [0.2, 0.25) is 0 Å². The summed E-state index contributed by atoms with van der Waals surface area (Å²) in [4.78, 5) is 0. The number of aromatic nitrogens is 2. The predicted molar refractivity (Wildman–Crippen MR) is 49.9 cm³/mol. The molecule has 0 aromatic carbocycles. The van der Waals surface area contributed by atoms with Crippen LogP contribution in [0.25, 0.3) is 0 Å². The maximum absolute atomic E-state index is 4.25. The monoisotopic (exact) mass is 167 g/mol. The summed E-state index contributed by atoms with van der Waals surface area (Å²) in [5.74, 6) is 0. The summed E-state index contributed by atoms with van der Waals surface area (Å²) < 4.78 is 2.01. The van der Waals surface area contributed by atoms with Crippen LogP contribution in [0.4, 0.5) is 0 Å². The third-order valence-corrected chi connectivity index (χ3v) is 1.81. The lowest BCUT2D eigenvalue weighted by Crippen LogP contribution is -2.04. The third kappa shape index (κ3) is 2.66. The summed E-state index contributed by atoms with van der Waals surface area (Å²) in [6.45, 7) is 4.14. The molecule has 0 saturated heterocycles. The van der Waals surface area contributed by atoms with Gasteiger partial charge in [-0.1, -0.05) is 13.3 Å². The molecule has 0 amide bonds. The van der Waals surface area contributed by atoms with Gasteiger partial charge >= 0.3 is 0 Å². The minimum Gasteiger partial charge on any atom is -0.316 e. The molecule has 0 aliphatic rings. The second-order valence-corrected chi connectivity index (χ2v) is 3.00. The van der Waals surface area contributed by atoms with Crippen LogP contribution < -0.4 is 5.32 Å². The van der Waals surface area contributed by atoms with E-state index in [0.29, 0.717) is 0 Å². The quantitative estimate of drug-likeness (QED) is 0.718. The molecule has 3 heteroatoms. The summed E-state index contributed by atoms with van der Waals surface area (Å²) in [5.41, 5.74) is 1.26. The van der Waals surface area contributed by atoms with E-state index < -0.39 is 0 Å². The first kappa shape index (κ1) is 9.26. The Morgan fingerprint density at radius 2 is 2.42 bits per heavy atom. The smallest absolute Gasteiger partial charge is 0.0534 e. The van der Waals surface area contributed by atoms with Gasteiger partial charge in [-0.2, -0.15) is 5.10 Å². The molecule has 0 fully saturated rings. The van der Waals surface area contributed by atoms with Gasteiger partial charge in [0, 0.05) is 24.8 Å². The first-order chi connectivity index (χ1) is 5.86. The zero-order chi connectivity index (χ0) is 8.81. The average molecular weight is 167 g/mol. The van der Waals surface area contributed by atoms with Crippen molar-refractivity contribution in [2.75, 3.05) is 7.05 Å². The molecule has 0 bridgehead atoms. The molecular formula is C9H17N3. The topological polar surface area (TPSA) is 29.9 Å². The minimum atomic E-state index is 0.909. The van der Waals surface area contributed by atoms with E-state index in [1.54, 1.807) is 0 Å². The molecule has 0 atom stereocenters. The van der Waals surface area contributed by atoms with Gasteiger partial charge in [-0.15, -0.1) is 0 Å². The Bertz CT molecular complexity index is 217. The van der Waals surface area contributed by atoms with Crippen LogP contribution in [0.5, 0.6) is 0 Å². The van der Waals surface area contributed by atoms with Crippen molar-refractivity contribution in [2.45, 2.75) is 32.9 Å². The van der Waals surface area contributed by atoms with Crippen molar-refractivity contribution in [2.24, 2.45) is 0 Å². The lowest BCUT2D eigenvalue weighted by molar-refractivity contribution is 0.571. The van der Waals surface area contributed by atoms with Gasteiger partial charge in [-0.3, -0.25) is 4.68 Å². The first-order valence-corrected chi connectivity index (χ1v) is 4.52. The maximum atomic E-state index is 4.25. The highest BCUT2D eigenvalue weighted by Gasteiger charge is 1.95. The van der Waals surface area contributed by atoms with Crippen LogP contribution in [0.3, 0.4) is 0 Å². The molecule has 1 N–H and O–H groups in total. The highest BCUT2D eigenvalue weighted by molar-refractivity contribution is 5.02. The van der Waals surface area contributed by atoms with Crippen molar-refractivity contribution in [3.05, 3.63) is 18.0 Å². The average Bonchev–Trinajstić information content (AvgIpc) is 2.50. The van der Waals surface area contributed by atoms with Crippen molar-refractivity contribution in [3.63, 3.8) is 0 Å².